The number of amides is 2. The number of nitrogens with one attached hydrogen (secondary N) is 1. The van der Waals surface area contributed by atoms with E-state index < -0.39 is 0 Å². The molecule has 0 saturated carbocycles. The summed E-state index contributed by atoms with van der Waals surface area (Å²) >= 11 is 1.55. The van der Waals surface area contributed by atoms with Crippen LogP contribution in [0.1, 0.15) is 45.5 Å². The van der Waals surface area contributed by atoms with Crippen molar-refractivity contribution in [3.63, 3.8) is 0 Å². The molecule has 31 heavy (non-hydrogen) atoms. The maximum Gasteiger partial charge on any atom is 0.257 e. The number of aryl methyl sites for hydroxylation is 1. The summed E-state index contributed by atoms with van der Waals surface area (Å²) in [5.41, 5.74) is 2.65. The zero-order valence-electron chi connectivity index (χ0n) is 17.2. The molecule has 1 unspecified atom stereocenters. The van der Waals surface area contributed by atoms with Gasteiger partial charge < -0.3 is 10.2 Å². The van der Waals surface area contributed by atoms with Crippen molar-refractivity contribution < 1.29 is 14.0 Å². The second-order valence-electron chi connectivity index (χ2n) is 7.65. The molecule has 1 aliphatic heterocycles. The van der Waals surface area contributed by atoms with Crippen LogP contribution in [0.5, 0.6) is 0 Å². The first kappa shape index (κ1) is 21.1. The molecular weight excluding hydrogens is 415 g/mol. The number of likely N-dealkylation sites (tertiary alicyclic amines) is 1. The van der Waals surface area contributed by atoms with Crippen LogP contribution in [0.3, 0.4) is 0 Å². The standard InChI is InChI=1S/C23H23FN4O2S/c1-15-26-20(14-31-15)11-22(29)28-10-2-3-17(13-28)21-9-4-16(12-25-21)23(30)27-19-7-5-18(24)6-8-19/h4-9,12,14,17H,2-3,10-11,13H2,1H3,(H,27,30). The van der Waals surface area contributed by atoms with Gasteiger partial charge in [-0.05, 0) is 56.2 Å². The van der Waals surface area contributed by atoms with Crippen molar-refractivity contribution in [3.05, 3.63) is 75.8 Å². The van der Waals surface area contributed by atoms with Crippen molar-refractivity contribution >= 4 is 28.8 Å². The third-order valence-corrected chi connectivity index (χ3v) is 6.16. The number of pyridine rings is 1. The highest BCUT2D eigenvalue weighted by molar-refractivity contribution is 7.09. The summed E-state index contributed by atoms with van der Waals surface area (Å²) in [6, 6.07) is 9.19. The lowest BCUT2D eigenvalue weighted by Crippen LogP contribution is -2.40. The highest BCUT2D eigenvalue weighted by Gasteiger charge is 2.26. The van der Waals surface area contributed by atoms with Gasteiger partial charge in [-0.25, -0.2) is 9.37 Å². The Labute approximate surface area is 184 Å². The van der Waals surface area contributed by atoms with E-state index in [1.807, 2.05) is 23.3 Å². The van der Waals surface area contributed by atoms with Crippen molar-refractivity contribution in [3.8, 4) is 0 Å². The van der Waals surface area contributed by atoms with Crippen LogP contribution in [0.2, 0.25) is 0 Å². The summed E-state index contributed by atoms with van der Waals surface area (Å²) in [7, 11) is 0. The van der Waals surface area contributed by atoms with Crippen LogP contribution in [-0.2, 0) is 11.2 Å². The highest BCUT2D eigenvalue weighted by Crippen LogP contribution is 2.26. The zero-order chi connectivity index (χ0) is 21.8. The van der Waals surface area contributed by atoms with Crippen LogP contribution in [0.25, 0.3) is 0 Å². The Kier molecular flexibility index (Phi) is 6.36. The monoisotopic (exact) mass is 438 g/mol. The molecule has 6 nitrogen and oxygen atoms in total. The van der Waals surface area contributed by atoms with Crippen LogP contribution < -0.4 is 5.32 Å². The van der Waals surface area contributed by atoms with Gasteiger partial charge in [0.15, 0.2) is 0 Å². The lowest BCUT2D eigenvalue weighted by atomic mass is 9.93. The van der Waals surface area contributed by atoms with Gasteiger partial charge in [0.25, 0.3) is 5.91 Å². The molecule has 1 atom stereocenters. The molecule has 2 amide bonds. The number of carbonyl (C=O) groups excluding carboxylic acids is 2. The molecule has 160 valence electrons. The number of halogens is 1. The van der Waals surface area contributed by atoms with Crippen LogP contribution in [0.4, 0.5) is 10.1 Å². The van der Waals surface area contributed by atoms with E-state index in [4.69, 9.17) is 0 Å². The van der Waals surface area contributed by atoms with Crippen molar-refractivity contribution in [2.45, 2.75) is 32.1 Å². The molecule has 1 aromatic carbocycles. The fourth-order valence-electron chi connectivity index (χ4n) is 3.72. The smallest absolute Gasteiger partial charge is 0.257 e. The zero-order valence-corrected chi connectivity index (χ0v) is 18.0. The van der Waals surface area contributed by atoms with E-state index in [9.17, 15) is 14.0 Å². The number of thiazole rings is 1. The second kappa shape index (κ2) is 9.34. The summed E-state index contributed by atoms with van der Waals surface area (Å²) in [6.07, 6.45) is 3.74. The van der Waals surface area contributed by atoms with E-state index in [0.29, 0.717) is 24.2 Å². The molecule has 8 heteroatoms. The summed E-state index contributed by atoms with van der Waals surface area (Å²) < 4.78 is 13.0. The van der Waals surface area contributed by atoms with Crippen molar-refractivity contribution in [1.29, 1.82) is 0 Å². The maximum absolute atomic E-state index is 13.0. The Morgan fingerprint density at radius 3 is 2.71 bits per heavy atom. The first-order valence-corrected chi connectivity index (χ1v) is 11.1. The third-order valence-electron chi connectivity index (χ3n) is 5.34. The fraction of sp³-hybridized carbons (Fsp3) is 0.304. The number of hydrogen-bond acceptors (Lipinski definition) is 5. The van der Waals surface area contributed by atoms with Crippen molar-refractivity contribution in [2.24, 2.45) is 0 Å². The molecule has 3 aromatic rings. The topological polar surface area (TPSA) is 75.2 Å². The molecule has 1 fully saturated rings. The van der Waals surface area contributed by atoms with Gasteiger partial charge in [0.2, 0.25) is 5.91 Å². The van der Waals surface area contributed by atoms with E-state index in [1.165, 1.54) is 24.3 Å². The first-order valence-electron chi connectivity index (χ1n) is 10.2. The highest BCUT2D eigenvalue weighted by atomic mass is 32.1. The summed E-state index contributed by atoms with van der Waals surface area (Å²) in [5, 5.41) is 5.63. The Balaban J connectivity index is 1.37. The van der Waals surface area contributed by atoms with Gasteiger partial charge in [-0.1, -0.05) is 0 Å². The minimum Gasteiger partial charge on any atom is -0.342 e. The van der Waals surface area contributed by atoms with Gasteiger partial charge >= 0.3 is 0 Å². The molecule has 0 radical (unpaired) electrons. The number of piperidine rings is 1. The molecule has 2 aromatic heterocycles. The first-order chi connectivity index (χ1) is 15.0. The fourth-order valence-corrected chi connectivity index (χ4v) is 4.33. The van der Waals surface area contributed by atoms with Gasteiger partial charge in [0, 0.05) is 42.0 Å². The average molecular weight is 439 g/mol. The van der Waals surface area contributed by atoms with Gasteiger partial charge in [-0.15, -0.1) is 11.3 Å². The minimum absolute atomic E-state index is 0.0882. The quantitative estimate of drug-likeness (QED) is 0.648. The maximum atomic E-state index is 13.0. The number of hydrogen-bond donors (Lipinski definition) is 1. The Morgan fingerprint density at radius 1 is 1.23 bits per heavy atom. The van der Waals surface area contributed by atoms with Gasteiger partial charge in [0.05, 0.1) is 22.7 Å². The molecule has 0 bridgehead atoms. The van der Waals surface area contributed by atoms with Crippen LogP contribution in [0, 0.1) is 12.7 Å². The Morgan fingerprint density at radius 2 is 2.03 bits per heavy atom. The van der Waals surface area contributed by atoms with Crippen LogP contribution in [-0.4, -0.2) is 39.8 Å². The molecule has 3 heterocycles. The number of rotatable bonds is 5. The van der Waals surface area contributed by atoms with Gasteiger partial charge in [0.1, 0.15) is 5.82 Å². The number of nitrogens with zero attached hydrogens (tertiary/aromatic N) is 3. The van der Waals surface area contributed by atoms with Crippen molar-refractivity contribution in [2.75, 3.05) is 18.4 Å². The molecule has 1 N–H and O–H groups in total. The molecule has 0 spiro atoms. The molecule has 4 rings (SSSR count). The number of anilines is 1. The summed E-state index contributed by atoms with van der Waals surface area (Å²) in [4.78, 5) is 35.9. The predicted molar refractivity (Wildman–Crippen MR) is 118 cm³/mol. The van der Waals surface area contributed by atoms with E-state index in [2.05, 4.69) is 15.3 Å². The number of carbonyl (C=O) groups is 2. The van der Waals surface area contributed by atoms with E-state index >= 15 is 0 Å². The van der Waals surface area contributed by atoms with Gasteiger partial charge in [-0.3, -0.25) is 14.6 Å². The minimum atomic E-state index is -0.356. The van der Waals surface area contributed by atoms with E-state index in [1.54, 1.807) is 23.6 Å². The summed E-state index contributed by atoms with van der Waals surface area (Å²) in [5.74, 6) is -0.426. The normalized spacial score (nSPS) is 16.2. The largest absolute Gasteiger partial charge is 0.342 e. The van der Waals surface area contributed by atoms with Crippen LogP contribution in [0.15, 0.2) is 48.0 Å². The SMILES string of the molecule is Cc1nc(CC(=O)N2CCCC(c3ccc(C(=O)Nc4ccc(F)cc4)cn3)C2)cs1. The molecule has 1 saturated heterocycles. The lowest BCUT2D eigenvalue weighted by molar-refractivity contribution is -0.131. The molecule has 1 aliphatic rings. The molecule has 0 aliphatic carbocycles. The number of benzene rings is 1. The van der Waals surface area contributed by atoms with Crippen molar-refractivity contribution in [1.82, 2.24) is 14.9 Å². The second-order valence-corrected chi connectivity index (χ2v) is 8.71. The molecular formula is C23H23FN4O2S. The average Bonchev–Trinajstić information content (AvgIpc) is 3.20. The van der Waals surface area contributed by atoms with E-state index in [-0.39, 0.29) is 23.5 Å². The van der Waals surface area contributed by atoms with Gasteiger partial charge in [-0.2, -0.15) is 0 Å². The Hall–Kier alpha value is -3.13. The predicted octanol–water partition coefficient (Wildman–Crippen LogP) is 4.19. The van der Waals surface area contributed by atoms with Crippen LogP contribution >= 0.6 is 11.3 Å². The summed E-state index contributed by atoms with van der Waals surface area (Å²) in [6.45, 7) is 3.30. The van der Waals surface area contributed by atoms with E-state index in [0.717, 1.165) is 35.8 Å². The lowest BCUT2D eigenvalue weighted by Gasteiger charge is -2.32. The third kappa shape index (κ3) is 5.32. The number of aromatic nitrogens is 2. The Bertz CT molecular complexity index is 1070.